The smallest absolute Gasteiger partial charge is 0.270 e. The summed E-state index contributed by atoms with van der Waals surface area (Å²) in [5, 5.41) is 4.81. The monoisotopic (exact) mass is 480 g/mol. The van der Waals surface area contributed by atoms with Crippen LogP contribution in [0.25, 0.3) is 0 Å². The summed E-state index contributed by atoms with van der Waals surface area (Å²) in [6.07, 6.45) is 5.20. The number of pyridine rings is 2. The fourth-order valence-electron chi connectivity index (χ4n) is 4.00. The first kappa shape index (κ1) is 24.3. The normalized spacial score (nSPS) is 18.6. The Morgan fingerprint density at radius 2 is 1.94 bits per heavy atom. The highest BCUT2D eigenvalue weighted by Crippen LogP contribution is 2.15. The summed E-state index contributed by atoms with van der Waals surface area (Å²) < 4.78 is 5.75. The van der Waals surface area contributed by atoms with E-state index in [4.69, 9.17) is 4.74 Å². The van der Waals surface area contributed by atoms with Gasteiger partial charge in [0.15, 0.2) is 6.29 Å². The summed E-state index contributed by atoms with van der Waals surface area (Å²) in [6.45, 7) is 5.04. The van der Waals surface area contributed by atoms with Crippen molar-refractivity contribution in [3.8, 4) is 5.75 Å². The Morgan fingerprint density at radius 1 is 1.11 bits per heavy atom. The SMILES string of the molecule is O=Cc1ccc(N2CCN(CCCOc3ccc(C(=O)NC4CCC(=O)NC4=O)nc3)CC2)nc1. The molecule has 3 amide bonds. The van der Waals surface area contributed by atoms with E-state index in [2.05, 4.69) is 30.4 Å². The van der Waals surface area contributed by atoms with Gasteiger partial charge in [-0.2, -0.15) is 0 Å². The molecule has 11 nitrogen and oxygen atoms in total. The summed E-state index contributed by atoms with van der Waals surface area (Å²) in [4.78, 5) is 59.2. The average molecular weight is 481 g/mol. The molecule has 2 aliphatic heterocycles. The van der Waals surface area contributed by atoms with Gasteiger partial charge in [-0.15, -0.1) is 0 Å². The number of aromatic nitrogens is 2. The number of hydrogen-bond donors (Lipinski definition) is 2. The van der Waals surface area contributed by atoms with Gasteiger partial charge in [-0.05, 0) is 37.1 Å². The van der Waals surface area contributed by atoms with Crippen LogP contribution in [0, 0.1) is 0 Å². The number of aldehydes is 1. The molecule has 0 saturated carbocycles. The molecule has 1 unspecified atom stereocenters. The zero-order chi connectivity index (χ0) is 24.6. The van der Waals surface area contributed by atoms with Gasteiger partial charge in [-0.25, -0.2) is 9.97 Å². The van der Waals surface area contributed by atoms with Gasteiger partial charge >= 0.3 is 0 Å². The molecule has 2 saturated heterocycles. The number of carbonyl (C=O) groups excluding carboxylic acids is 4. The third-order valence-corrected chi connectivity index (χ3v) is 6.00. The van der Waals surface area contributed by atoms with E-state index in [1.165, 1.54) is 6.20 Å². The lowest BCUT2D eigenvalue weighted by atomic mass is 10.1. The molecule has 2 fully saturated rings. The highest BCUT2D eigenvalue weighted by molar-refractivity contribution is 6.03. The summed E-state index contributed by atoms with van der Waals surface area (Å²) >= 11 is 0. The second-order valence-electron chi connectivity index (χ2n) is 8.45. The number of anilines is 1. The van der Waals surface area contributed by atoms with E-state index in [9.17, 15) is 19.2 Å². The maximum absolute atomic E-state index is 12.3. The van der Waals surface area contributed by atoms with Gasteiger partial charge in [0.05, 0.1) is 12.8 Å². The highest BCUT2D eigenvalue weighted by Gasteiger charge is 2.28. The van der Waals surface area contributed by atoms with E-state index >= 15 is 0 Å². The number of imide groups is 1. The number of nitrogens with one attached hydrogen (secondary N) is 2. The topological polar surface area (TPSA) is 134 Å². The van der Waals surface area contributed by atoms with Gasteiger partial charge in [0, 0.05) is 50.9 Å². The summed E-state index contributed by atoms with van der Waals surface area (Å²) in [5.41, 5.74) is 0.753. The maximum Gasteiger partial charge on any atom is 0.270 e. The van der Waals surface area contributed by atoms with Crippen LogP contribution in [0.5, 0.6) is 5.75 Å². The number of amides is 3. The molecule has 0 aromatic carbocycles. The van der Waals surface area contributed by atoms with Crippen LogP contribution >= 0.6 is 0 Å². The first-order chi connectivity index (χ1) is 17.0. The Kier molecular flexibility index (Phi) is 7.99. The van der Waals surface area contributed by atoms with Crippen molar-refractivity contribution in [3.05, 3.63) is 47.9 Å². The molecule has 2 N–H and O–H groups in total. The fourth-order valence-corrected chi connectivity index (χ4v) is 4.00. The van der Waals surface area contributed by atoms with E-state index in [0.29, 0.717) is 17.9 Å². The van der Waals surface area contributed by atoms with Gasteiger partial charge < -0.3 is 15.0 Å². The van der Waals surface area contributed by atoms with Crippen molar-refractivity contribution < 1.29 is 23.9 Å². The van der Waals surface area contributed by atoms with Crippen LogP contribution in [-0.4, -0.2) is 84.2 Å². The first-order valence-electron chi connectivity index (χ1n) is 11.6. The average Bonchev–Trinajstić information content (AvgIpc) is 2.89. The van der Waals surface area contributed by atoms with Gasteiger partial charge in [0.25, 0.3) is 5.91 Å². The van der Waals surface area contributed by atoms with Crippen molar-refractivity contribution in [2.45, 2.75) is 25.3 Å². The van der Waals surface area contributed by atoms with E-state index in [-0.39, 0.29) is 24.4 Å². The lowest BCUT2D eigenvalue weighted by molar-refractivity contribution is -0.134. The summed E-state index contributed by atoms with van der Waals surface area (Å²) in [5.74, 6) is 0.153. The molecule has 0 radical (unpaired) electrons. The summed E-state index contributed by atoms with van der Waals surface area (Å²) in [7, 11) is 0. The fraction of sp³-hybridized carbons (Fsp3) is 0.417. The number of hydrogen-bond acceptors (Lipinski definition) is 9. The second-order valence-corrected chi connectivity index (χ2v) is 8.45. The number of piperazine rings is 1. The molecule has 1 atom stereocenters. The minimum absolute atomic E-state index is 0.176. The summed E-state index contributed by atoms with van der Waals surface area (Å²) in [6, 6.07) is 6.15. The Hall–Kier alpha value is -3.86. The van der Waals surface area contributed by atoms with Crippen LogP contribution < -0.4 is 20.3 Å². The van der Waals surface area contributed by atoms with Crippen molar-refractivity contribution in [2.75, 3.05) is 44.2 Å². The van der Waals surface area contributed by atoms with Crippen LogP contribution in [0.1, 0.15) is 40.1 Å². The molecule has 35 heavy (non-hydrogen) atoms. The lowest BCUT2D eigenvalue weighted by Crippen LogP contribution is -2.52. The van der Waals surface area contributed by atoms with Gasteiger partial charge in [0.1, 0.15) is 23.3 Å². The molecule has 0 aliphatic carbocycles. The van der Waals surface area contributed by atoms with Crippen molar-refractivity contribution >= 4 is 29.8 Å². The van der Waals surface area contributed by atoms with Gasteiger partial charge in [-0.3, -0.25) is 29.4 Å². The maximum atomic E-state index is 12.3. The zero-order valence-electron chi connectivity index (χ0n) is 19.3. The van der Waals surface area contributed by atoms with E-state index in [1.54, 1.807) is 24.4 Å². The van der Waals surface area contributed by atoms with Crippen LogP contribution in [0.2, 0.25) is 0 Å². The number of piperidine rings is 1. The van der Waals surface area contributed by atoms with Crippen molar-refractivity contribution in [1.29, 1.82) is 0 Å². The van der Waals surface area contributed by atoms with E-state index in [1.807, 2.05) is 6.07 Å². The van der Waals surface area contributed by atoms with Crippen LogP contribution in [0.3, 0.4) is 0 Å². The molecular weight excluding hydrogens is 452 g/mol. The van der Waals surface area contributed by atoms with Crippen LogP contribution in [-0.2, 0) is 9.59 Å². The Bertz CT molecular complexity index is 1050. The quantitative estimate of drug-likeness (QED) is 0.297. The first-order valence-corrected chi connectivity index (χ1v) is 11.6. The van der Waals surface area contributed by atoms with E-state index < -0.39 is 17.9 Å². The molecule has 0 spiro atoms. The largest absolute Gasteiger partial charge is 0.492 e. The molecule has 11 heteroatoms. The Morgan fingerprint density at radius 3 is 2.60 bits per heavy atom. The third kappa shape index (κ3) is 6.60. The third-order valence-electron chi connectivity index (χ3n) is 6.00. The van der Waals surface area contributed by atoms with Gasteiger partial charge in [0.2, 0.25) is 11.8 Å². The predicted molar refractivity (Wildman–Crippen MR) is 126 cm³/mol. The predicted octanol–water partition coefficient (Wildman–Crippen LogP) is 0.415. The Labute approximate surface area is 202 Å². The molecule has 2 aliphatic rings. The van der Waals surface area contributed by atoms with Gasteiger partial charge in [-0.1, -0.05) is 0 Å². The molecular formula is C24H28N6O5. The zero-order valence-corrected chi connectivity index (χ0v) is 19.3. The molecule has 4 heterocycles. The standard InChI is InChI=1S/C24H28N6O5/c31-16-17-2-6-21(26-14-17)30-11-9-29(10-12-30)8-1-13-35-18-3-4-19(25-15-18)23(33)27-20-5-7-22(32)28-24(20)34/h2-4,6,14-16,20H,1,5,7-13H2,(H,27,33)(H,28,32,34). The minimum Gasteiger partial charge on any atom is -0.492 e. The van der Waals surface area contributed by atoms with Crippen molar-refractivity contribution in [1.82, 2.24) is 25.5 Å². The molecule has 4 rings (SSSR count). The van der Waals surface area contributed by atoms with Crippen molar-refractivity contribution in [3.63, 3.8) is 0 Å². The molecule has 2 aromatic rings. The van der Waals surface area contributed by atoms with Crippen LogP contribution in [0.15, 0.2) is 36.7 Å². The van der Waals surface area contributed by atoms with Crippen molar-refractivity contribution in [2.24, 2.45) is 0 Å². The lowest BCUT2D eigenvalue weighted by Gasteiger charge is -2.35. The number of carbonyl (C=O) groups is 4. The number of nitrogens with zero attached hydrogens (tertiary/aromatic N) is 4. The Balaban J connectivity index is 1.14. The second kappa shape index (κ2) is 11.5. The highest BCUT2D eigenvalue weighted by atomic mass is 16.5. The molecule has 184 valence electrons. The molecule has 2 aromatic heterocycles. The number of ether oxygens (including phenoxy) is 1. The molecule has 0 bridgehead atoms. The minimum atomic E-state index is -0.737. The number of rotatable bonds is 9. The van der Waals surface area contributed by atoms with Crippen LogP contribution in [0.4, 0.5) is 5.82 Å². The van der Waals surface area contributed by atoms with E-state index in [0.717, 1.165) is 51.2 Å².